The lowest BCUT2D eigenvalue weighted by molar-refractivity contribution is -0.144. The standard InChI is InChI=1S/C12H21N3O4/c1-3-6-12(2,10(17)18)15-11(19)13-7-8-4-5-9(16)14-8/h8H,3-7H2,1-2H3,(H,14,16)(H,17,18)(H2,13,15,19). The van der Waals surface area contributed by atoms with Gasteiger partial charge in [-0.3, -0.25) is 4.79 Å². The van der Waals surface area contributed by atoms with Crippen LogP contribution in [0.1, 0.15) is 39.5 Å². The number of rotatable bonds is 6. The first-order valence-electron chi connectivity index (χ1n) is 6.46. The van der Waals surface area contributed by atoms with Gasteiger partial charge >= 0.3 is 12.0 Å². The predicted molar refractivity (Wildman–Crippen MR) is 68.6 cm³/mol. The molecule has 1 aliphatic heterocycles. The molecule has 19 heavy (non-hydrogen) atoms. The lowest BCUT2D eigenvalue weighted by Crippen LogP contribution is -2.56. The molecule has 3 amide bonds. The van der Waals surface area contributed by atoms with Gasteiger partial charge in [0.2, 0.25) is 5.91 Å². The smallest absolute Gasteiger partial charge is 0.329 e. The monoisotopic (exact) mass is 271 g/mol. The van der Waals surface area contributed by atoms with Gasteiger partial charge in [-0.1, -0.05) is 13.3 Å². The van der Waals surface area contributed by atoms with Gasteiger partial charge in [0.15, 0.2) is 0 Å². The highest BCUT2D eigenvalue weighted by molar-refractivity contribution is 5.86. The summed E-state index contributed by atoms with van der Waals surface area (Å²) in [6.07, 6.45) is 2.17. The highest BCUT2D eigenvalue weighted by Crippen LogP contribution is 2.12. The van der Waals surface area contributed by atoms with Crippen molar-refractivity contribution in [3.05, 3.63) is 0 Å². The molecule has 7 heteroatoms. The Hall–Kier alpha value is -1.79. The number of urea groups is 1. The Balaban J connectivity index is 2.40. The zero-order valence-electron chi connectivity index (χ0n) is 11.3. The summed E-state index contributed by atoms with van der Waals surface area (Å²) in [6.45, 7) is 3.64. The van der Waals surface area contributed by atoms with Crippen molar-refractivity contribution in [2.75, 3.05) is 6.54 Å². The molecule has 1 rings (SSSR count). The van der Waals surface area contributed by atoms with Crippen LogP contribution in [0, 0.1) is 0 Å². The van der Waals surface area contributed by atoms with Crippen LogP contribution in [0.2, 0.25) is 0 Å². The Morgan fingerprint density at radius 2 is 2.21 bits per heavy atom. The number of carbonyl (C=O) groups is 3. The van der Waals surface area contributed by atoms with Crippen molar-refractivity contribution in [2.45, 2.75) is 51.1 Å². The summed E-state index contributed by atoms with van der Waals surface area (Å²) in [4.78, 5) is 33.8. The van der Waals surface area contributed by atoms with Gasteiger partial charge in [-0.15, -0.1) is 0 Å². The number of nitrogens with one attached hydrogen (secondary N) is 3. The SMILES string of the molecule is CCCC(C)(NC(=O)NCC1CCC(=O)N1)C(=O)O. The molecular weight excluding hydrogens is 250 g/mol. The molecule has 0 saturated carbocycles. The predicted octanol–water partition coefficient (Wildman–Crippen LogP) is 0.208. The minimum Gasteiger partial charge on any atom is -0.480 e. The van der Waals surface area contributed by atoms with Crippen molar-refractivity contribution < 1.29 is 19.5 Å². The minimum absolute atomic E-state index is 0.0198. The maximum absolute atomic E-state index is 11.7. The Bertz CT molecular complexity index is 372. The second kappa shape index (κ2) is 6.40. The Kier molecular flexibility index (Phi) is 5.14. The number of amides is 3. The minimum atomic E-state index is -1.27. The van der Waals surface area contributed by atoms with Crippen molar-refractivity contribution in [1.29, 1.82) is 0 Å². The molecule has 0 aromatic heterocycles. The fourth-order valence-electron chi connectivity index (χ4n) is 2.06. The van der Waals surface area contributed by atoms with Crippen LogP contribution in [0.25, 0.3) is 0 Å². The molecule has 4 N–H and O–H groups in total. The van der Waals surface area contributed by atoms with E-state index in [1.54, 1.807) is 0 Å². The van der Waals surface area contributed by atoms with E-state index in [0.29, 0.717) is 32.2 Å². The van der Waals surface area contributed by atoms with E-state index in [1.165, 1.54) is 6.92 Å². The first-order chi connectivity index (χ1) is 8.87. The van der Waals surface area contributed by atoms with Gasteiger partial charge in [-0.25, -0.2) is 9.59 Å². The maximum atomic E-state index is 11.7. The molecule has 108 valence electrons. The number of hydrogen-bond acceptors (Lipinski definition) is 3. The molecule has 1 fully saturated rings. The summed E-state index contributed by atoms with van der Waals surface area (Å²) in [6, 6.07) is -0.597. The Morgan fingerprint density at radius 1 is 1.53 bits per heavy atom. The maximum Gasteiger partial charge on any atom is 0.329 e. The zero-order chi connectivity index (χ0) is 14.5. The number of carboxylic acid groups (broad SMARTS) is 1. The summed E-state index contributed by atoms with van der Waals surface area (Å²) in [5.41, 5.74) is -1.27. The molecule has 0 radical (unpaired) electrons. The van der Waals surface area contributed by atoms with E-state index in [1.807, 2.05) is 6.92 Å². The first kappa shape index (κ1) is 15.3. The molecule has 2 atom stereocenters. The highest BCUT2D eigenvalue weighted by atomic mass is 16.4. The van der Waals surface area contributed by atoms with E-state index >= 15 is 0 Å². The van der Waals surface area contributed by atoms with Crippen LogP contribution < -0.4 is 16.0 Å². The molecule has 1 saturated heterocycles. The van der Waals surface area contributed by atoms with Crippen molar-refractivity contribution in [3.8, 4) is 0 Å². The van der Waals surface area contributed by atoms with Gasteiger partial charge < -0.3 is 21.1 Å². The second-order valence-electron chi connectivity index (χ2n) is 5.03. The van der Waals surface area contributed by atoms with E-state index in [-0.39, 0.29) is 11.9 Å². The molecule has 0 aromatic carbocycles. The van der Waals surface area contributed by atoms with Gasteiger partial charge in [0.1, 0.15) is 5.54 Å². The van der Waals surface area contributed by atoms with E-state index in [0.717, 1.165) is 0 Å². The van der Waals surface area contributed by atoms with Gasteiger partial charge in [0.05, 0.1) is 0 Å². The molecule has 0 aromatic rings. The van der Waals surface area contributed by atoms with Crippen molar-refractivity contribution in [3.63, 3.8) is 0 Å². The first-order valence-corrected chi connectivity index (χ1v) is 6.46. The number of carbonyl (C=O) groups excluding carboxylic acids is 2. The molecule has 0 bridgehead atoms. The third-order valence-corrected chi connectivity index (χ3v) is 3.21. The second-order valence-corrected chi connectivity index (χ2v) is 5.03. The largest absolute Gasteiger partial charge is 0.480 e. The van der Waals surface area contributed by atoms with E-state index in [4.69, 9.17) is 5.11 Å². The zero-order valence-corrected chi connectivity index (χ0v) is 11.3. The van der Waals surface area contributed by atoms with Gasteiger partial charge in [-0.2, -0.15) is 0 Å². The summed E-state index contributed by atoms with van der Waals surface area (Å²) in [7, 11) is 0. The van der Waals surface area contributed by atoms with Crippen LogP contribution in [0.3, 0.4) is 0 Å². The normalized spacial score (nSPS) is 21.4. The molecule has 1 aliphatic rings. The summed E-state index contributed by atoms with van der Waals surface area (Å²) < 4.78 is 0. The number of aliphatic carboxylic acids is 1. The fourth-order valence-corrected chi connectivity index (χ4v) is 2.06. The average Bonchev–Trinajstić information content (AvgIpc) is 2.72. The molecule has 0 aliphatic carbocycles. The fraction of sp³-hybridized carbons (Fsp3) is 0.750. The number of hydrogen-bond donors (Lipinski definition) is 4. The topological polar surface area (TPSA) is 108 Å². The molecule has 1 heterocycles. The lowest BCUT2D eigenvalue weighted by atomic mass is 9.97. The number of carboxylic acids is 1. The molecule has 7 nitrogen and oxygen atoms in total. The lowest BCUT2D eigenvalue weighted by Gasteiger charge is -2.26. The average molecular weight is 271 g/mol. The van der Waals surface area contributed by atoms with E-state index in [9.17, 15) is 14.4 Å². The van der Waals surface area contributed by atoms with E-state index in [2.05, 4.69) is 16.0 Å². The van der Waals surface area contributed by atoms with Gasteiger partial charge in [0, 0.05) is 19.0 Å². The van der Waals surface area contributed by atoms with E-state index < -0.39 is 17.5 Å². The van der Waals surface area contributed by atoms with Gasteiger partial charge in [0.25, 0.3) is 0 Å². The van der Waals surface area contributed by atoms with Crippen molar-refractivity contribution in [1.82, 2.24) is 16.0 Å². The van der Waals surface area contributed by atoms with Crippen LogP contribution in [-0.2, 0) is 9.59 Å². The summed E-state index contributed by atoms with van der Waals surface area (Å²) in [5, 5.41) is 16.9. The van der Waals surface area contributed by atoms with Crippen LogP contribution in [0.4, 0.5) is 4.79 Å². The van der Waals surface area contributed by atoms with Crippen LogP contribution in [0.5, 0.6) is 0 Å². The van der Waals surface area contributed by atoms with Crippen LogP contribution >= 0.6 is 0 Å². The summed E-state index contributed by atoms with van der Waals surface area (Å²) in [5.74, 6) is -1.08. The van der Waals surface area contributed by atoms with Crippen LogP contribution in [0.15, 0.2) is 0 Å². The van der Waals surface area contributed by atoms with Gasteiger partial charge in [-0.05, 0) is 19.8 Å². The summed E-state index contributed by atoms with van der Waals surface area (Å²) >= 11 is 0. The van der Waals surface area contributed by atoms with Crippen molar-refractivity contribution in [2.24, 2.45) is 0 Å². The quantitative estimate of drug-likeness (QED) is 0.553. The molecule has 2 unspecified atom stereocenters. The molecule has 0 spiro atoms. The molecular formula is C12H21N3O4. The van der Waals surface area contributed by atoms with Crippen molar-refractivity contribution >= 4 is 17.9 Å². The third-order valence-electron chi connectivity index (χ3n) is 3.21. The highest BCUT2D eigenvalue weighted by Gasteiger charge is 2.34. The Labute approximate surface area is 112 Å². The Morgan fingerprint density at radius 3 is 2.68 bits per heavy atom. The van der Waals surface area contributed by atoms with Crippen LogP contribution in [-0.4, -0.2) is 41.1 Å². The third kappa shape index (κ3) is 4.42.